The lowest BCUT2D eigenvalue weighted by Crippen LogP contribution is -2.31. The number of carbonyl (C=O) groups excluding carboxylic acids is 1. The highest BCUT2D eigenvalue weighted by Crippen LogP contribution is 2.29. The van der Waals surface area contributed by atoms with E-state index in [1.807, 2.05) is 34.9 Å². The van der Waals surface area contributed by atoms with E-state index >= 15 is 0 Å². The largest absolute Gasteiger partial charge is 0.349 e. The van der Waals surface area contributed by atoms with Crippen LogP contribution in [0.2, 0.25) is 0 Å². The highest BCUT2D eigenvalue weighted by Gasteiger charge is 2.24. The number of rotatable bonds is 4. The zero-order chi connectivity index (χ0) is 17.4. The zero-order valence-electron chi connectivity index (χ0n) is 14.7. The van der Waals surface area contributed by atoms with Gasteiger partial charge in [0.05, 0.1) is 30.5 Å². The van der Waals surface area contributed by atoms with Crippen molar-refractivity contribution in [3.05, 3.63) is 47.4 Å². The van der Waals surface area contributed by atoms with E-state index in [9.17, 15) is 4.79 Å². The van der Waals surface area contributed by atoms with Crippen molar-refractivity contribution in [1.82, 2.24) is 24.9 Å². The highest BCUT2D eigenvalue weighted by atomic mass is 16.1. The standard InChI is InChI=1S/C19H23N5O/c1-13-5-3-8-18-14(13)11-21-24(18)10-9-19(25)22-16-6-4-7-17-15(16)12-20-23(17)2/h3,5,8,11-12,16H,4,6-7,9-10H2,1-2H3,(H,22,25)/t16-/m1/s1. The fourth-order valence-electron chi connectivity index (χ4n) is 3.76. The molecule has 1 N–H and O–H groups in total. The van der Waals surface area contributed by atoms with E-state index in [0.717, 1.165) is 30.2 Å². The van der Waals surface area contributed by atoms with Crippen LogP contribution in [0.1, 0.15) is 42.1 Å². The van der Waals surface area contributed by atoms with Gasteiger partial charge in [-0.1, -0.05) is 12.1 Å². The van der Waals surface area contributed by atoms with Gasteiger partial charge < -0.3 is 5.32 Å². The Hall–Kier alpha value is -2.63. The molecule has 1 amide bonds. The number of aryl methyl sites for hydroxylation is 3. The van der Waals surface area contributed by atoms with E-state index in [0.29, 0.717) is 13.0 Å². The van der Waals surface area contributed by atoms with Gasteiger partial charge in [0.1, 0.15) is 0 Å². The van der Waals surface area contributed by atoms with Gasteiger partial charge in [-0.3, -0.25) is 14.2 Å². The van der Waals surface area contributed by atoms with Gasteiger partial charge in [-0.2, -0.15) is 10.2 Å². The molecule has 2 aromatic heterocycles. The van der Waals surface area contributed by atoms with Crippen molar-refractivity contribution in [2.24, 2.45) is 7.05 Å². The molecular weight excluding hydrogens is 314 g/mol. The fourth-order valence-corrected chi connectivity index (χ4v) is 3.76. The summed E-state index contributed by atoms with van der Waals surface area (Å²) in [6.45, 7) is 2.67. The Balaban J connectivity index is 1.42. The molecule has 25 heavy (non-hydrogen) atoms. The Morgan fingerprint density at radius 3 is 3.08 bits per heavy atom. The minimum absolute atomic E-state index is 0.0676. The van der Waals surface area contributed by atoms with Crippen LogP contribution in [0.15, 0.2) is 30.6 Å². The SMILES string of the molecule is Cc1cccc2c1cnn2CCC(=O)N[C@@H]1CCCc2c1cnn2C. The fraction of sp³-hybridized carbons (Fsp3) is 0.421. The lowest BCUT2D eigenvalue weighted by atomic mass is 9.93. The summed E-state index contributed by atoms with van der Waals surface area (Å²) in [5, 5.41) is 13.1. The molecule has 1 aliphatic rings. The predicted octanol–water partition coefficient (Wildman–Crippen LogP) is 2.66. The minimum atomic E-state index is 0.0676. The molecule has 130 valence electrons. The van der Waals surface area contributed by atoms with Crippen LogP contribution in [0.25, 0.3) is 10.9 Å². The van der Waals surface area contributed by atoms with Gasteiger partial charge in [-0.05, 0) is 37.8 Å². The van der Waals surface area contributed by atoms with E-state index in [2.05, 4.69) is 34.6 Å². The third-order valence-electron chi connectivity index (χ3n) is 5.17. The maximum Gasteiger partial charge on any atom is 0.222 e. The number of amides is 1. The number of nitrogens with one attached hydrogen (secondary N) is 1. The van der Waals surface area contributed by atoms with Crippen molar-refractivity contribution in [3.8, 4) is 0 Å². The van der Waals surface area contributed by atoms with Crippen LogP contribution in [0, 0.1) is 6.92 Å². The number of aromatic nitrogens is 4. The van der Waals surface area contributed by atoms with Gasteiger partial charge in [0.2, 0.25) is 5.91 Å². The molecule has 0 saturated heterocycles. The summed E-state index contributed by atoms with van der Waals surface area (Å²) in [6, 6.07) is 6.25. The van der Waals surface area contributed by atoms with Crippen molar-refractivity contribution in [3.63, 3.8) is 0 Å². The molecule has 0 radical (unpaired) electrons. The summed E-state index contributed by atoms with van der Waals surface area (Å²) < 4.78 is 3.84. The average molecular weight is 337 g/mol. The van der Waals surface area contributed by atoms with Gasteiger partial charge in [0.25, 0.3) is 0 Å². The number of fused-ring (bicyclic) bond motifs is 2. The second-order valence-corrected chi connectivity index (χ2v) is 6.81. The van der Waals surface area contributed by atoms with Crippen LogP contribution in [0.4, 0.5) is 0 Å². The molecule has 1 atom stereocenters. The van der Waals surface area contributed by atoms with Crippen LogP contribution < -0.4 is 5.32 Å². The summed E-state index contributed by atoms with van der Waals surface area (Å²) >= 11 is 0. The molecular formula is C19H23N5O. The predicted molar refractivity (Wildman–Crippen MR) is 96.1 cm³/mol. The number of nitrogens with zero attached hydrogens (tertiary/aromatic N) is 4. The monoisotopic (exact) mass is 337 g/mol. The molecule has 0 spiro atoms. The van der Waals surface area contributed by atoms with Crippen molar-refractivity contribution in [2.75, 3.05) is 0 Å². The van der Waals surface area contributed by atoms with Crippen molar-refractivity contribution in [2.45, 2.75) is 45.2 Å². The zero-order valence-corrected chi connectivity index (χ0v) is 14.7. The Morgan fingerprint density at radius 1 is 1.32 bits per heavy atom. The number of hydrogen-bond donors (Lipinski definition) is 1. The van der Waals surface area contributed by atoms with Crippen LogP contribution >= 0.6 is 0 Å². The van der Waals surface area contributed by atoms with Crippen molar-refractivity contribution >= 4 is 16.8 Å². The third-order valence-corrected chi connectivity index (χ3v) is 5.17. The summed E-state index contributed by atoms with van der Waals surface area (Å²) in [4.78, 5) is 12.4. The van der Waals surface area contributed by atoms with Crippen molar-refractivity contribution in [1.29, 1.82) is 0 Å². The van der Waals surface area contributed by atoms with Gasteiger partial charge in [-0.25, -0.2) is 0 Å². The molecule has 6 heteroatoms. The second kappa shape index (κ2) is 6.35. The van der Waals surface area contributed by atoms with Gasteiger partial charge in [-0.15, -0.1) is 0 Å². The molecule has 4 rings (SSSR count). The quantitative estimate of drug-likeness (QED) is 0.796. The van der Waals surface area contributed by atoms with E-state index in [1.165, 1.54) is 16.8 Å². The molecule has 1 aliphatic carbocycles. The van der Waals surface area contributed by atoms with Crippen LogP contribution in [-0.4, -0.2) is 25.5 Å². The Kier molecular flexibility index (Phi) is 4.03. The Bertz CT molecular complexity index is 923. The summed E-state index contributed by atoms with van der Waals surface area (Å²) in [6.07, 6.45) is 7.30. The first kappa shape index (κ1) is 15.9. The maximum absolute atomic E-state index is 12.4. The molecule has 6 nitrogen and oxygen atoms in total. The lowest BCUT2D eigenvalue weighted by Gasteiger charge is -2.23. The first-order valence-electron chi connectivity index (χ1n) is 8.85. The van der Waals surface area contributed by atoms with Crippen LogP contribution in [0.5, 0.6) is 0 Å². The molecule has 2 heterocycles. The van der Waals surface area contributed by atoms with E-state index in [4.69, 9.17) is 0 Å². The van der Waals surface area contributed by atoms with Gasteiger partial charge in [0, 0.05) is 30.1 Å². The van der Waals surface area contributed by atoms with Gasteiger partial charge >= 0.3 is 0 Å². The first-order valence-corrected chi connectivity index (χ1v) is 8.85. The maximum atomic E-state index is 12.4. The van der Waals surface area contributed by atoms with Crippen LogP contribution in [0.3, 0.4) is 0 Å². The number of hydrogen-bond acceptors (Lipinski definition) is 3. The number of carbonyl (C=O) groups is 1. The average Bonchev–Trinajstić information content (AvgIpc) is 3.19. The molecule has 1 aromatic carbocycles. The molecule has 0 fully saturated rings. The number of benzene rings is 1. The molecule has 0 bridgehead atoms. The van der Waals surface area contributed by atoms with Crippen LogP contribution in [-0.2, 0) is 24.8 Å². The highest BCUT2D eigenvalue weighted by molar-refractivity contribution is 5.82. The third kappa shape index (κ3) is 2.92. The molecule has 0 saturated carbocycles. The summed E-state index contributed by atoms with van der Waals surface area (Å²) in [7, 11) is 1.97. The molecule has 3 aromatic rings. The Morgan fingerprint density at radius 2 is 2.20 bits per heavy atom. The van der Waals surface area contributed by atoms with Crippen molar-refractivity contribution < 1.29 is 4.79 Å². The Labute approximate surface area is 146 Å². The smallest absolute Gasteiger partial charge is 0.222 e. The minimum Gasteiger partial charge on any atom is -0.349 e. The molecule has 0 aliphatic heterocycles. The molecule has 0 unspecified atom stereocenters. The summed E-state index contributed by atoms with van der Waals surface area (Å²) in [5.41, 5.74) is 4.70. The van der Waals surface area contributed by atoms with E-state index in [1.54, 1.807) is 0 Å². The summed E-state index contributed by atoms with van der Waals surface area (Å²) in [5.74, 6) is 0.0676. The normalized spacial score (nSPS) is 16.8. The first-order chi connectivity index (χ1) is 12.1. The van der Waals surface area contributed by atoms with Gasteiger partial charge in [0.15, 0.2) is 0 Å². The lowest BCUT2D eigenvalue weighted by molar-refractivity contribution is -0.122. The van der Waals surface area contributed by atoms with E-state index in [-0.39, 0.29) is 11.9 Å². The van der Waals surface area contributed by atoms with E-state index < -0.39 is 0 Å². The topological polar surface area (TPSA) is 64.7 Å². The second-order valence-electron chi connectivity index (χ2n) is 6.81.